The van der Waals surface area contributed by atoms with Crippen LogP contribution in [-0.4, -0.2) is 44.9 Å². The number of halogens is 4. The molecule has 0 bridgehead atoms. The Morgan fingerprint density at radius 1 is 0.976 bits per heavy atom. The summed E-state index contributed by atoms with van der Waals surface area (Å²) in [4.78, 5) is 30.5. The Kier molecular flexibility index (Phi) is 7.60. The number of hydrogen-bond donors (Lipinski definition) is 1. The molecule has 2 N–H and O–H groups in total. The number of alkyl halides is 2. The topological polar surface area (TPSA) is 108 Å². The number of anilines is 1. The number of nitrogen functional groups attached to an aromatic ring is 1. The molecule has 0 aliphatic rings. The van der Waals surface area contributed by atoms with E-state index < -0.39 is 41.9 Å². The Morgan fingerprint density at radius 3 is 2.24 bits per heavy atom. The van der Waals surface area contributed by atoms with E-state index in [0.717, 1.165) is 40.2 Å². The number of aromatic nitrogens is 4. The number of nitrogens with zero attached hydrogens (tertiary/aromatic N) is 5. The SMILES string of the molecule is CN(C)Cc1c(-c2ccc(N)cc2)sc2c1c(=O)n(-c1ccc(OC(F)F)nn1)c(=O)n2Cc1c(F)cccc1F. The van der Waals surface area contributed by atoms with Crippen molar-refractivity contribution >= 4 is 27.2 Å². The molecule has 0 aliphatic carbocycles. The lowest BCUT2D eigenvalue weighted by Gasteiger charge is -2.14. The fourth-order valence-electron chi connectivity index (χ4n) is 4.37. The van der Waals surface area contributed by atoms with Crippen molar-refractivity contribution in [3.8, 4) is 22.1 Å². The lowest BCUT2D eigenvalue weighted by Crippen LogP contribution is -2.39. The van der Waals surface area contributed by atoms with Crippen LogP contribution in [0.5, 0.6) is 5.88 Å². The standard InChI is InChI=1S/C27H22F4N6O3S/c1-35(2)12-17-22-24(38)37(20-10-11-21(34-33-20)40-26(30)31)27(39)36(13-16-18(28)4-3-5-19(16)29)25(22)41-23(17)14-6-8-15(32)9-7-14/h3-11,26H,12-13,32H2,1-2H3. The first-order chi connectivity index (χ1) is 19.5. The molecular formula is C27H22F4N6O3S. The largest absolute Gasteiger partial charge is 0.415 e. The first-order valence-electron chi connectivity index (χ1n) is 12.1. The highest BCUT2D eigenvalue weighted by atomic mass is 32.1. The van der Waals surface area contributed by atoms with Crippen molar-refractivity contribution in [1.29, 1.82) is 0 Å². The van der Waals surface area contributed by atoms with Crippen LogP contribution in [0.15, 0.2) is 64.2 Å². The van der Waals surface area contributed by atoms with E-state index in [1.807, 2.05) is 4.90 Å². The summed E-state index contributed by atoms with van der Waals surface area (Å²) in [6.45, 7) is -3.43. The molecule has 0 atom stereocenters. The fraction of sp³-hybridized carbons (Fsp3) is 0.185. The molecule has 0 amide bonds. The number of hydrogen-bond acceptors (Lipinski definition) is 8. The minimum atomic E-state index is -3.16. The molecule has 0 fully saturated rings. The maximum absolute atomic E-state index is 14.7. The quantitative estimate of drug-likeness (QED) is 0.214. The Bertz CT molecular complexity index is 1830. The molecule has 41 heavy (non-hydrogen) atoms. The van der Waals surface area contributed by atoms with Crippen molar-refractivity contribution in [1.82, 2.24) is 24.2 Å². The van der Waals surface area contributed by atoms with Crippen molar-refractivity contribution in [3.05, 3.63) is 98.2 Å². The lowest BCUT2D eigenvalue weighted by atomic mass is 10.1. The minimum absolute atomic E-state index is 0.126. The molecule has 0 saturated carbocycles. The first-order valence-corrected chi connectivity index (χ1v) is 12.9. The number of benzene rings is 2. The summed E-state index contributed by atoms with van der Waals surface area (Å²) in [5, 5.41) is 7.41. The van der Waals surface area contributed by atoms with E-state index in [4.69, 9.17) is 5.73 Å². The lowest BCUT2D eigenvalue weighted by molar-refractivity contribution is -0.0534. The van der Waals surface area contributed by atoms with Gasteiger partial charge in [0.25, 0.3) is 5.56 Å². The van der Waals surface area contributed by atoms with Gasteiger partial charge in [-0.2, -0.15) is 8.78 Å². The highest BCUT2D eigenvalue weighted by molar-refractivity contribution is 7.22. The van der Waals surface area contributed by atoms with Crippen LogP contribution in [0.25, 0.3) is 26.5 Å². The normalized spacial score (nSPS) is 11.6. The van der Waals surface area contributed by atoms with Gasteiger partial charge >= 0.3 is 12.3 Å². The Balaban J connectivity index is 1.85. The van der Waals surface area contributed by atoms with Gasteiger partial charge < -0.3 is 15.4 Å². The number of thiophene rings is 1. The van der Waals surface area contributed by atoms with Crippen LogP contribution in [0.1, 0.15) is 11.1 Å². The maximum atomic E-state index is 14.7. The van der Waals surface area contributed by atoms with Gasteiger partial charge in [0.1, 0.15) is 16.5 Å². The predicted molar refractivity (Wildman–Crippen MR) is 147 cm³/mol. The number of rotatable bonds is 8. The minimum Gasteiger partial charge on any atom is -0.415 e. The van der Waals surface area contributed by atoms with Crippen molar-refractivity contribution < 1.29 is 22.3 Å². The third-order valence-corrected chi connectivity index (χ3v) is 7.47. The maximum Gasteiger partial charge on any atom is 0.388 e. The van der Waals surface area contributed by atoms with Crippen molar-refractivity contribution in [2.24, 2.45) is 0 Å². The summed E-state index contributed by atoms with van der Waals surface area (Å²) in [6.07, 6.45) is 0. The summed E-state index contributed by atoms with van der Waals surface area (Å²) in [7, 11) is 3.60. The molecule has 0 radical (unpaired) electrons. The summed E-state index contributed by atoms with van der Waals surface area (Å²) in [5.41, 5.74) is 5.56. The van der Waals surface area contributed by atoms with Crippen LogP contribution in [0, 0.1) is 11.6 Å². The smallest absolute Gasteiger partial charge is 0.388 e. The molecule has 3 heterocycles. The molecule has 0 aliphatic heterocycles. The van der Waals surface area contributed by atoms with Gasteiger partial charge in [0.2, 0.25) is 5.88 Å². The first kappa shape index (κ1) is 28.0. The summed E-state index contributed by atoms with van der Waals surface area (Å²) in [6, 6.07) is 12.4. The van der Waals surface area contributed by atoms with E-state index >= 15 is 0 Å². The van der Waals surface area contributed by atoms with E-state index in [0.29, 0.717) is 26.3 Å². The highest BCUT2D eigenvalue weighted by Gasteiger charge is 2.26. The fourth-order valence-corrected chi connectivity index (χ4v) is 5.68. The van der Waals surface area contributed by atoms with Gasteiger partial charge in [-0.3, -0.25) is 9.36 Å². The molecule has 0 saturated heterocycles. The second-order valence-corrected chi connectivity index (χ2v) is 10.3. The van der Waals surface area contributed by atoms with Crippen LogP contribution in [0.2, 0.25) is 0 Å². The van der Waals surface area contributed by atoms with Crippen molar-refractivity contribution in [3.63, 3.8) is 0 Å². The molecular weight excluding hydrogens is 564 g/mol. The zero-order valence-electron chi connectivity index (χ0n) is 21.6. The number of fused-ring (bicyclic) bond motifs is 1. The molecule has 0 unspecified atom stereocenters. The molecule has 9 nitrogen and oxygen atoms in total. The number of ether oxygens (including phenoxy) is 1. The van der Waals surface area contributed by atoms with Crippen LogP contribution >= 0.6 is 11.3 Å². The van der Waals surface area contributed by atoms with Gasteiger partial charge in [-0.1, -0.05) is 18.2 Å². The van der Waals surface area contributed by atoms with Crippen LogP contribution in [0.3, 0.4) is 0 Å². The molecule has 14 heteroatoms. The van der Waals surface area contributed by atoms with Gasteiger partial charge in [0.05, 0.1) is 11.9 Å². The van der Waals surface area contributed by atoms with E-state index in [1.54, 1.807) is 38.4 Å². The van der Waals surface area contributed by atoms with Gasteiger partial charge in [-0.15, -0.1) is 21.5 Å². The van der Waals surface area contributed by atoms with E-state index in [2.05, 4.69) is 14.9 Å². The van der Waals surface area contributed by atoms with Crippen LogP contribution in [-0.2, 0) is 13.1 Å². The zero-order valence-corrected chi connectivity index (χ0v) is 22.5. The van der Waals surface area contributed by atoms with Crippen molar-refractivity contribution in [2.45, 2.75) is 19.7 Å². The summed E-state index contributed by atoms with van der Waals surface area (Å²) >= 11 is 1.12. The average molecular weight is 587 g/mol. The Labute approximate surface area is 233 Å². The molecule has 2 aromatic carbocycles. The van der Waals surface area contributed by atoms with Gasteiger partial charge in [-0.05, 0) is 55.6 Å². The van der Waals surface area contributed by atoms with Gasteiger partial charge in [0.15, 0.2) is 5.82 Å². The summed E-state index contributed by atoms with van der Waals surface area (Å²) < 4.78 is 60.7. The van der Waals surface area contributed by atoms with Crippen molar-refractivity contribution in [2.75, 3.05) is 19.8 Å². The summed E-state index contributed by atoms with van der Waals surface area (Å²) in [5.74, 6) is -2.57. The van der Waals surface area contributed by atoms with Crippen LogP contribution < -0.4 is 21.7 Å². The monoisotopic (exact) mass is 586 g/mol. The predicted octanol–water partition coefficient (Wildman–Crippen LogP) is 4.24. The Morgan fingerprint density at radius 2 is 1.66 bits per heavy atom. The molecule has 3 aromatic heterocycles. The van der Waals surface area contributed by atoms with E-state index in [-0.39, 0.29) is 28.1 Å². The second kappa shape index (κ2) is 11.1. The van der Waals surface area contributed by atoms with Gasteiger partial charge in [-0.25, -0.2) is 18.1 Å². The van der Waals surface area contributed by atoms with Gasteiger partial charge in [0, 0.05) is 28.7 Å². The third kappa shape index (κ3) is 5.43. The highest BCUT2D eigenvalue weighted by Crippen LogP contribution is 2.38. The molecule has 0 spiro atoms. The van der Waals surface area contributed by atoms with E-state index in [1.165, 1.54) is 6.07 Å². The van der Waals surface area contributed by atoms with Crippen LogP contribution in [0.4, 0.5) is 23.2 Å². The second-order valence-electron chi connectivity index (χ2n) is 9.27. The zero-order chi connectivity index (χ0) is 29.4. The Hall–Kier alpha value is -4.56. The number of nitrogens with two attached hydrogens (primary N) is 1. The molecule has 5 aromatic rings. The average Bonchev–Trinajstić information content (AvgIpc) is 3.27. The molecule has 212 valence electrons. The third-order valence-electron chi connectivity index (χ3n) is 6.16. The molecule has 5 rings (SSSR count). The van der Waals surface area contributed by atoms with E-state index in [9.17, 15) is 27.2 Å².